The molecule has 5 nitrogen and oxygen atoms in total. The fourth-order valence-electron chi connectivity index (χ4n) is 5.63. The van der Waals surface area contributed by atoms with Gasteiger partial charge in [-0.2, -0.15) is 0 Å². The largest absolute Gasteiger partial charge is 0.468 e. The SMILES string of the molecule is CC(C)(C)[Si](C)(C)OC[C@@]1(C)[C@@H](OC(=S)n2ccnc2)CC[C@]2(C)c3occc3CC[C@@H]12. The fraction of sp³-hybridized carbons (Fsp3) is 0.680. The van der Waals surface area contributed by atoms with Crippen molar-refractivity contribution in [2.75, 3.05) is 6.61 Å². The molecule has 0 aromatic carbocycles. The fourth-order valence-corrected chi connectivity index (χ4v) is 6.96. The number of rotatable bonds is 4. The van der Waals surface area contributed by atoms with Crippen LogP contribution >= 0.6 is 12.2 Å². The van der Waals surface area contributed by atoms with Gasteiger partial charge in [0.15, 0.2) is 8.32 Å². The maximum absolute atomic E-state index is 6.87. The van der Waals surface area contributed by atoms with Crippen LogP contribution in [0.4, 0.5) is 0 Å². The lowest BCUT2D eigenvalue weighted by Gasteiger charge is -2.57. The first-order chi connectivity index (χ1) is 14.9. The number of hydrogen-bond acceptors (Lipinski definition) is 5. The van der Waals surface area contributed by atoms with Gasteiger partial charge < -0.3 is 13.6 Å². The molecule has 7 heteroatoms. The third-order valence-electron chi connectivity index (χ3n) is 8.70. The Bertz CT molecular complexity index is 964. The Balaban J connectivity index is 1.67. The van der Waals surface area contributed by atoms with Crippen molar-refractivity contribution >= 4 is 25.7 Å². The Morgan fingerprint density at radius 1 is 1.31 bits per heavy atom. The number of furan rings is 1. The predicted octanol–water partition coefficient (Wildman–Crippen LogP) is 6.34. The van der Waals surface area contributed by atoms with Crippen molar-refractivity contribution in [3.63, 3.8) is 0 Å². The third kappa shape index (κ3) is 3.90. The molecule has 2 heterocycles. The molecule has 0 amide bonds. The minimum atomic E-state index is -1.93. The van der Waals surface area contributed by atoms with E-state index in [1.165, 1.54) is 11.3 Å². The van der Waals surface area contributed by atoms with Crippen molar-refractivity contribution in [1.82, 2.24) is 9.55 Å². The number of hydrogen-bond donors (Lipinski definition) is 0. The molecule has 4 atom stereocenters. The molecule has 2 aromatic heterocycles. The van der Waals surface area contributed by atoms with E-state index in [4.69, 9.17) is 25.8 Å². The summed E-state index contributed by atoms with van der Waals surface area (Å²) >= 11 is 5.65. The third-order valence-corrected chi connectivity index (χ3v) is 13.5. The summed E-state index contributed by atoms with van der Waals surface area (Å²) < 4.78 is 21.3. The van der Waals surface area contributed by atoms with E-state index in [2.05, 4.69) is 58.8 Å². The van der Waals surface area contributed by atoms with Crippen molar-refractivity contribution in [1.29, 1.82) is 0 Å². The number of aryl methyl sites for hydroxylation is 1. The molecule has 176 valence electrons. The van der Waals surface area contributed by atoms with E-state index >= 15 is 0 Å². The molecule has 0 radical (unpaired) electrons. The Morgan fingerprint density at radius 2 is 2.06 bits per heavy atom. The van der Waals surface area contributed by atoms with Crippen LogP contribution in [-0.4, -0.2) is 35.8 Å². The van der Waals surface area contributed by atoms with Crippen molar-refractivity contribution in [2.24, 2.45) is 11.3 Å². The van der Waals surface area contributed by atoms with Crippen LogP contribution < -0.4 is 0 Å². The first-order valence-corrected chi connectivity index (χ1v) is 15.1. The molecule has 0 N–H and O–H groups in total. The maximum Gasteiger partial charge on any atom is 0.269 e. The van der Waals surface area contributed by atoms with Gasteiger partial charge in [0.05, 0.1) is 6.26 Å². The van der Waals surface area contributed by atoms with E-state index in [9.17, 15) is 0 Å². The number of ether oxygens (including phenoxy) is 1. The quantitative estimate of drug-likeness (QED) is 0.382. The molecular weight excluding hydrogens is 436 g/mol. The molecule has 0 saturated heterocycles. The van der Waals surface area contributed by atoms with Crippen LogP contribution in [-0.2, 0) is 21.0 Å². The molecule has 2 aromatic rings. The number of aromatic nitrogens is 2. The van der Waals surface area contributed by atoms with E-state index in [0.717, 1.165) is 25.7 Å². The van der Waals surface area contributed by atoms with Gasteiger partial charge in [-0.3, -0.25) is 4.57 Å². The molecule has 2 aliphatic rings. The lowest BCUT2D eigenvalue weighted by Crippen LogP contribution is -2.59. The van der Waals surface area contributed by atoms with Gasteiger partial charge in [-0.1, -0.05) is 34.6 Å². The standard InChI is InChI=1S/C25H38N2O3SSi/c1-23(2,3)32(6,7)29-16-25(5)19-9-8-18-11-15-28-21(18)24(19,4)12-10-20(25)30-22(31)27-14-13-26-17-27/h11,13-15,17,19-20H,8-10,12,16H2,1-7H3/t19-,20+,24+,25-/m1/s1. The predicted molar refractivity (Wildman–Crippen MR) is 133 cm³/mol. The molecule has 1 fully saturated rings. The van der Waals surface area contributed by atoms with Crippen LogP contribution in [0.1, 0.15) is 65.2 Å². The highest BCUT2D eigenvalue weighted by Gasteiger charge is 2.59. The molecule has 0 spiro atoms. The normalized spacial score (nSPS) is 30.5. The average molecular weight is 475 g/mol. The summed E-state index contributed by atoms with van der Waals surface area (Å²) in [5.41, 5.74) is 1.17. The average Bonchev–Trinajstić information content (AvgIpc) is 3.40. The first kappa shape index (κ1) is 23.7. The van der Waals surface area contributed by atoms with Crippen molar-refractivity contribution in [3.8, 4) is 0 Å². The van der Waals surface area contributed by atoms with Gasteiger partial charge >= 0.3 is 0 Å². The minimum absolute atomic E-state index is 0.0148. The van der Waals surface area contributed by atoms with Gasteiger partial charge in [0.1, 0.15) is 18.2 Å². The summed E-state index contributed by atoms with van der Waals surface area (Å²) in [6, 6.07) is 2.15. The zero-order valence-electron chi connectivity index (χ0n) is 20.6. The molecule has 0 aliphatic heterocycles. The lowest BCUT2D eigenvalue weighted by molar-refractivity contribution is -0.105. The highest BCUT2D eigenvalue weighted by molar-refractivity contribution is 7.80. The molecule has 4 rings (SSSR count). The highest BCUT2D eigenvalue weighted by Crippen LogP contribution is 2.58. The molecule has 32 heavy (non-hydrogen) atoms. The van der Waals surface area contributed by atoms with E-state index in [0.29, 0.717) is 17.7 Å². The summed E-state index contributed by atoms with van der Waals surface area (Å²) in [5, 5.41) is 0.619. The van der Waals surface area contributed by atoms with Crippen LogP contribution in [0, 0.1) is 11.3 Å². The molecule has 0 bridgehead atoms. The van der Waals surface area contributed by atoms with Gasteiger partial charge in [-0.05, 0) is 73.6 Å². The first-order valence-electron chi connectivity index (χ1n) is 11.8. The maximum atomic E-state index is 6.87. The second-order valence-electron chi connectivity index (χ2n) is 11.7. The number of imidazole rings is 1. The van der Waals surface area contributed by atoms with Crippen molar-refractivity contribution < 1.29 is 13.6 Å². The van der Waals surface area contributed by atoms with Crippen LogP contribution in [0.25, 0.3) is 0 Å². The second-order valence-corrected chi connectivity index (χ2v) is 16.9. The Morgan fingerprint density at radius 3 is 2.72 bits per heavy atom. The molecule has 1 saturated carbocycles. The summed E-state index contributed by atoms with van der Waals surface area (Å²) in [6.07, 6.45) is 11.2. The number of thiocarbonyl (C=S) groups is 1. The van der Waals surface area contributed by atoms with Crippen LogP contribution in [0.2, 0.25) is 18.1 Å². The summed E-state index contributed by atoms with van der Waals surface area (Å²) in [4.78, 5) is 4.13. The van der Waals surface area contributed by atoms with Gasteiger partial charge in [-0.15, -0.1) is 0 Å². The molecular formula is C25H38N2O3SSi. The summed E-state index contributed by atoms with van der Waals surface area (Å²) in [5.74, 6) is 1.56. The van der Waals surface area contributed by atoms with Crippen LogP contribution in [0.5, 0.6) is 0 Å². The van der Waals surface area contributed by atoms with Crippen molar-refractivity contribution in [3.05, 3.63) is 42.4 Å². The zero-order chi connectivity index (χ0) is 23.4. The van der Waals surface area contributed by atoms with E-state index in [1.54, 1.807) is 17.1 Å². The van der Waals surface area contributed by atoms with E-state index in [1.807, 2.05) is 12.5 Å². The topological polar surface area (TPSA) is 49.4 Å². The summed E-state index contributed by atoms with van der Waals surface area (Å²) in [7, 11) is -1.93. The highest BCUT2D eigenvalue weighted by atomic mass is 32.1. The zero-order valence-corrected chi connectivity index (χ0v) is 22.4. The summed E-state index contributed by atoms with van der Waals surface area (Å²) in [6.45, 7) is 17.0. The Kier molecular flexibility index (Phi) is 6.00. The molecule has 2 aliphatic carbocycles. The van der Waals surface area contributed by atoms with Crippen LogP contribution in [0.15, 0.2) is 35.5 Å². The van der Waals surface area contributed by atoms with E-state index < -0.39 is 8.32 Å². The van der Waals surface area contributed by atoms with Crippen LogP contribution in [0.3, 0.4) is 0 Å². The monoisotopic (exact) mass is 474 g/mol. The Labute approximate surface area is 199 Å². The lowest BCUT2D eigenvalue weighted by atomic mass is 9.50. The van der Waals surface area contributed by atoms with E-state index in [-0.39, 0.29) is 22.0 Å². The number of fused-ring (bicyclic) bond motifs is 3. The molecule has 0 unspecified atom stereocenters. The van der Waals surface area contributed by atoms with Gasteiger partial charge in [0, 0.05) is 29.8 Å². The second kappa shape index (κ2) is 8.10. The van der Waals surface area contributed by atoms with Gasteiger partial charge in [-0.25, -0.2) is 4.98 Å². The Hall–Kier alpha value is -1.44. The van der Waals surface area contributed by atoms with Crippen molar-refractivity contribution in [2.45, 2.75) is 90.0 Å². The smallest absolute Gasteiger partial charge is 0.269 e. The number of nitrogens with zero attached hydrogens (tertiary/aromatic N) is 2. The van der Waals surface area contributed by atoms with Gasteiger partial charge in [0.2, 0.25) is 0 Å². The van der Waals surface area contributed by atoms with Gasteiger partial charge in [0.25, 0.3) is 5.17 Å². The minimum Gasteiger partial charge on any atom is -0.468 e.